The van der Waals surface area contributed by atoms with Crippen molar-refractivity contribution in [2.24, 2.45) is 4.99 Å². The number of hydrogen-bond acceptors (Lipinski definition) is 3. The van der Waals surface area contributed by atoms with Gasteiger partial charge in [-0.15, -0.1) is 0 Å². The molecular formula is C4H5N3. The third-order valence-corrected chi connectivity index (χ3v) is 0.803. The Balaban J connectivity index is 2.57. The van der Waals surface area contributed by atoms with Gasteiger partial charge in [-0.25, -0.2) is 0 Å². The molecule has 1 aliphatic rings. The molecule has 3 nitrogen and oxygen atoms in total. The highest BCUT2D eigenvalue weighted by molar-refractivity contribution is 6.00. The molecule has 0 aromatic carbocycles. The third-order valence-electron chi connectivity index (χ3n) is 0.803. The van der Waals surface area contributed by atoms with Crippen molar-refractivity contribution in [1.29, 1.82) is 5.26 Å². The van der Waals surface area contributed by atoms with Crippen LogP contribution in [0.1, 0.15) is 0 Å². The molecule has 0 atom stereocenters. The maximum atomic E-state index is 8.15. The Kier molecular flexibility index (Phi) is 1.05. The highest BCUT2D eigenvalue weighted by Crippen LogP contribution is 1.80. The predicted molar refractivity (Wildman–Crippen MR) is 25.9 cm³/mol. The first kappa shape index (κ1) is 4.28. The van der Waals surface area contributed by atoms with Crippen LogP contribution in [0.5, 0.6) is 0 Å². The Labute approximate surface area is 41.7 Å². The minimum absolute atomic E-state index is 0.611. The summed E-state index contributed by atoms with van der Waals surface area (Å²) in [6, 6.07) is 1.95. The smallest absolute Gasteiger partial charge is 0.127 e. The van der Waals surface area contributed by atoms with E-state index in [2.05, 4.69) is 10.3 Å². The summed E-state index contributed by atoms with van der Waals surface area (Å²) in [4.78, 5) is 3.80. The molecule has 0 bridgehead atoms. The van der Waals surface area contributed by atoms with Gasteiger partial charge in [0.25, 0.3) is 0 Å². The molecule has 0 unspecified atom stereocenters. The van der Waals surface area contributed by atoms with Crippen molar-refractivity contribution in [3.8, 4) is 6.07 Å². The second-order valence-electron chi connectivity index (χ2n) is 1.30. The average Bonchev–Trinajstić information content (AvgIpc) is 2.14. The zero-order chi connectivity index (χ0) is 5.11. The number of nitrogens with zero attached hydrogens (tertiary/aromatic N) is 2. The van der Waals surface area contributed by atoms with Crippen molar-refractivity contribution in [2.75, 3.05) is 13.2 Å². The summed E-state index contributed by atoms with van der Waals surface area (Å²) in [6.45, 7) is 1.26. The van der Waals surface area contributed by atoms with Gasteiger partial charge in [0.05, 0.1) is 6.67 Å². The van der Waals surface area contributed by atoms with E-state index in [0.29, 0.717) is 18.9 Å². The number of aliphatic imine (C=N–C) groups is 1. The van der Waals surface area contributed by atoms with E-state index in [-0.39, 0.29) is 0 Å². The Morgan fingerprint density at radius 2 is 2.71 bits per heavy atom. The van der Waals surface area contributed by atoms with Crippen LogP contribution in [0.15, 0.2) is 4.99 Å². The third kappa shape index (κ3) is 0.756. The Hall–Kier alpha value is -0.880. The summed E-state index contributed by atoms with van der Waals surface area (Å²) >= 11 is 0. The van der Waals surface area contributed by atoms with Gasteiger partial charge in [-0.2, -0.15) is 5.26 Å². The van der Waals surface area contributed by atoms with Crippen molar-refractivity contribution in [2.45, 2.75) is 0 Å². The molecule has 0 aromatic heterocycles. The van der Waals surface area contributed by atoms with Crippen LogP contribution in [0.25, 0.3) is 0 Å². The number of rotatable bonds is 0. The molecule has 36 valence electrons. The molecule has 0 aliphatic carbocycles. The van der Waals surface area contributed by atoms with E-state index in [1.165, 1.54) is 0 Å². The van der Waals surface area contributed by atoms with E-state index in [1.54, 1.807) is 0 Å². The summed E-state index contributed by atoms with van der Waals surface area (Å²) in [7, 11) is 0. The molecule has 1 rings (SSSR count). The largest absolute Gasteiger partial charge is 0.292 e. The highest BCUT2D eigenvalue weighted by atomic mass is 15.1. The van der Waals surface area contributed by atoms with Gasteiger partial charge in [-0.3, -0.25) is 10.3 Å². The fraction of sp³-hybridized carbons (Fsp3) is 0.500. The van der Waals surface area contributed by atoms with E-state index < -0.39 is 0 Å². The standard InChI is InChI=1S/C4H5N3/c5-1-4-2-6-3-7-4/h6H,2-3H2. The van der Waals surface area contributed by atoms with E-state index in [0.717, 1.165) is 0 Å². The first-order chi connectivity index (χ1) is 3.43. The zero-order valence-electron chi connectivity index (χ0n) is 3.81. The van der Waals surface area contributed by atoms with E-state index in [9.17, 15) is 0 Å². The van der Waals surface area contributed by atoms with Crippen molar-refractivity contribution in [3.63, 3.8) is 0 Å². The normalized spacial score (nSPS) is 18.4. The van der Waals surface area contributed by atoms with Crippen LogP contribution in [0, 0.1) is 11.3 Å². The topological polar surface area (TPSA) is 48.2 Å². The van der Waals surface area contributed by atoms with Crippen LogP contribution in [0.3, 0.4) is 0 Å². The van der Waals surface area contributed by atoms with Crippen molar-refractivity contribution >= 4 is 5.71 Å². The van der Waals surface area contributed by atoms with Gasteiger partial charge >= 0.3 is 0 Å². The Morgan fingerprint density at radius 3 is 3.00 bits per heavy atom. The second-order valence-corrected chi connectivity index (χ2v) is 1.30. The molecule has 0 aromatic rings. The van der Waals surface area contributed by atoms with Gasteiger partial charge in [-0.1, -0.05) is 0 Å². The molecule has 0 radical (unpaired) electrons. The van der Waals surface area contributed by atoms with Crippen LogP contribution in [0.4, 0.5) is 0 Å². The molecule has 0 fully saturated rings. The minimum Gasteiger partial charge on any atom is -0.292 e. The molecule has 7 heavy (non-hydrogen) atoms. The van der Waals surface area contributed by atoms with Gasteiger partial charge in [0.2, 0.25) is 0 Å². The van der Waals surface area contributed by atoms with Crippen molar-refractivity contribution in [1.82, 2.24) is 5.32 Å². The van der Waals surface area contributed by atoms with Crippen LogP contribution >= 0.6 is 0 Å². The highest BCUT2D eigenvalue weighted by Gasteiger charge is 2.00. The van der Waals surface area contributed by atoms with Gasteiger partial charge in [0.1, 0.15) is 11.8 Å². The van der Waals surface area contributed by atoms with E-state index >= 15 is 0 Å². The van der Waals surface area contributed by atoms with Gasteiger partial charge in [0, 0.05) is 6.54 Å². The minimum atomic E-state index is 0.611. The van der Waals surface area contributed by atoms with Crippen LogP contribution in [-0.4, -0.2) is 18.9 Å². The average molecular weight is 95.1 g/mol. The first-order valence-corrected chi connectivity index (χ1v) is 2.07. The number of nitriles is 1. The van der Waals surface area contributed by atoms with Crippen LogP contribution < -0.4 is 5.32 Å². The SMILES string of the molecule is N#CC1=NCNC1. The van der Waals surface area contributed by atoms with Gasteiger partial charge in [-0.05, 0) is 0 Å². The lowest BCUT2D eigenvalue weighted by Crippen LogP contribution is -2.11. The quantitative estimate of drug-likeness (QED) is 0.441. The molecule has 1 N–H and O–H groups in total. The lowest BCUT2D eigenvalue weighted by Gasteiger charge is -1.77. The zero-order valence-corrected chi connectivity index (χ0v) is 3.81. The summed E-state index contributed by atoms with van der Waals surface area (Å²) in [5.74, 6) is 0. The van der Waals surface area contributed by atoms with Gasteiger partial charge in [0.15, 0.2) is 0 Å². The molecule has 3 heteroatoms. The fourth-order valence-electron chi connectivity index (χ4n) is 0.456. The van der Waals surface area contributed by atoms with Gasteiger partial charge < -0.3 is 0 Å². The molecule has 0 spiro atoms. The van der Waals surface area contributed by atoms with Crippen LogP contribution in [0.2, 0.25) is 0 Å². The molecule has 1 heterocycles. The van der Waals surface area contributed by atoms with E-state index in [4.69, 9.17) is 5.26 Å². The summed E-state index contributed by atoms with van der Waals surface area (Å²) < 4.78 is 0. The molecule has 0 amide bonds. The van der Waals surface area contributed by atoms with Crippen molar-refractivity contribution < 1.29 is 0 Å². The first-order valence-electron chi connectivity index (χ1n) is 2.07. The predicted octanol–water partition coefficient (Wildman–Crippen LogP) is -0.488. The Bertz CT molecular complexity index is 130. The summed E-state index contributed by atoms with van der Waals surface area (Å²) in [5, 5.41) is 11.0. The second kappa shape index (κ2) is 1.71. The molecule has 1 aliphatic heterocycles. The summed E-state index contributed by atoms with van der Waals surface area (Å²) in [6.07, 6.45) is 0. The molecule has 0 saturated carbocycles. The lowest BCUT2D eigenvalue weighted by atomic mass is 10.4. The maximum absolute atomic E-state index is 8.15. The summed E-state index contributed by atoms with van der Waals surface area (Å²) in [5.41, 5.74) is 0.611. The number of nitrogens with one attached hydrogen (secondary N) is 1. The lowest BCUT2D eigenvalue weighted by molar-refractivity contribution is 0.850. The monoisotopic (exact) mass is 95.0 g/mol. The Morgan fingerprint density at radius 1 is 1.86 bits per heavy atom. The van der Waals surface area contributed by atoms with E-state index in [1.807, 2.05) is 6.07 Å². The fourth-order valence-corrected chi connectivity index (χ4v) is 0.456. The number of hydrogen-bond donors (Lipinski definition) is 1. The molecular weight excluding hydrogens is 90.1 g/mol. The van der Waals surface area contributed by atoms with Crippen LogP contribution in [-0.2, 0) is 0 Å². The maximum Gasteiger partial charge on any atom is 0.127 e. The molecule has 0 saturated heterocycles. The van der Waals surface area contributed by atoms with Crippen molar-refractivity contribution in [3.05, 3.63) is 0 Å².